The number of aryl methyl sites for hydroxylation is 1. The molecule has 0 spiro atoms. The van der Waals surface area contributed by atoms with Crippen molar-refractivity contribution in [1.82, 2.24) is 15.0 Å². The molecule has 0 bridgehead atoms. The molecule has 4 nitrogen and oxygen atoms in total. The minimum Gasteiger partial charge on any atom is -0.292 e. The van der Waals surface area contributed by atoms with Crippen LogP contribution >= 0.6 is 11.3 Å². The lowest BCUT2D eigenvalue weighted by atomic mass is 10.0. The van der Waals surface area contributed by atoms with Crippen LogP contribution in [-0.2, 0) is 6.42 Å². The number of aromatic nitrogens is 3. The van der Waals surface area contributed by atoms with Crippen LogP contribution in [0, 0.1) is 0 Å². The summed E-state index contributed by atoms with van der Waals surface area (Å²) < 4.78 is 0. The molecule has 122 valence electrons. The predicted molar refractivity (Wildman–Crippen MR) is 99.7 cm³/mol. The molecular formula is C20H15N3OS. The lowest BCUT2D eigenvalue weighted by Gasteiger charge is -2.06. The predicted octanol–water partition coefficient (Wildman–Crippen LogP) is 4.57. The van der Waals surface area contributed by atoms with Crippen LogP contribution in [0.25, 0.3) is 22.0 Å². The molecule has 0 N–H and O–H groups in total. The molecule has 0 aliphatic heterocycles. The molecule has 0 aliphatic rings. The first-order chi connectivity index (χ1) is 12.3. The highest BCUT2D eigenvalue weighted by Gasteiger charge is 2.12. The first kappa shape index (κ1) is 15.6. The van der Waals surface area contributed by atoms with Crippen LogP contribution in [-0.4, -0.2) is 20.7 Å². The van der Waals surface area contributed by atoms with E-state index < -0.39 is 0 Å². The van der Waals surface area contributed by atoms with Gasteiger partial charge in [-0.3, -0.25) is 14.8 Å². The average molecular weight is 345 g/mol. The summed E-state index contributed by atoms with van der Waals surface area (Å²) in [5.41, 5.74) is 4.47. The Bertz CT molecular complexity index is 1010. The van der Waals surface area contributed by atoms with E-state index in [4.69, 9.17) is 0 Å². The summed E-state index contributed by atoms with van der Waals surface area (Å²) in [4.78, 5) is 25.5. The molecule has 4 aromatic rings. The molecule has 4 rings (SSSR count). The topological polar surface area (TPSA) is 55.7 Å². The first-order valence-corrected chi connectivity index (χ1v) is 8.95. The molecule has 0 aromatic carbocycles. The number of nitrogens with zero attached hydrogens (tertiary/aromatic N) is 3. The second-order valence-corrected chi connectivity index (χ2v) is 6.53. The highest BCUT2D eigenvalue weighted by molar-refractivity contribution is 7.08. The number of rotatable bonds is 5. The molecule has 0 saturated carbocycles. The minimum absolute atomic E-state index is 0.0480. The van der Waals surface area contributed by atoms with Crippen LogP contribution in [0.4, 0.5) is 0 Å². The van der Waals surface area contributed by atoms with Crippen molar-refractivity contribution in [2.45, 2.75) is 12.8 Å². The Morgan fingerprint density at radius 1 is 1.00 bits per heavy atom. The van der Waals surface area contributed by atoms with Gasteiger partial charge in [0.15, 0.2) is 5.78 Å². The zero-order valence-corrected chi connectivity index (χ0v) is 14.2. The van der Waals surface area contributed by atoms with Crippen molar-refractivity contribution in [2.75, 3.05) is 0 Å². The van der Waals surface area contributed by atoms with Gasteiger partial charge in [-0.25, -0.2) is 4.98 Å². The van der Waals surface area contributed by atoms with E-state index in [-0.39, 0.29) is 5.78 Å². The Kier molecular flexibility index (Phi) is 4.31. The zero-order valence-electron chi connectivity index (χ0n) is 13.4. The Labute approximate surface area is 149 Å². The van der Waals surface area contributed by atoms with Crippen molar-refractivity contribution in [3.05, 3.63) is 77.1 Å². The van der Waals surface area contributed by atoms with E-state index in [2.05, 4.69) is 20.3 Å². The van der Waals surface area contributed by atoms with Gasteiger partial charge < -0.3 is 0 Å². The third kappa shape index (κ3) is 3.32. The van der Waals surface area contributed by atoms with Crippen molar-refractivity contribution in [3.63, 3.8) is 0 Å². The fourth-order valence-corrected chi connectivity index (χ4v) is 3.42. The monoisotopic (exact) mass is 345 g/mol. The van der Waals surface area contributed by atoms with Gasteiger partial charge >= 0.3 is 0 Å². The Hall–Kier alpha value is -2.92. The Morgan fingerprint density at radius 2 is 1.88 bits per heavy atom. The van der Waals surface area contributed by atoms with Crippen LogP contribution in [0.3, 0.4) is 0 Å². The van der Waals surface area contributed by atoms with E-state index in [0.717, 1.165) is 27.6 Å². The summed E-state index contributed by atoms with van der Waals surface area (Å²) in [6.45, 7) is 0. The Morgan fingerprint density at radius 3 is 2.68 bits per heavy atom. The number of Topliss-reactive ketones (excluding diaryl/α,β-unsaturated/α-hetero) is 1. The van der Waals surface area contributed by atoms with E-state index >= 15 is 0 Å². The molecule has 0 aliphatic carbocycles. The highest BCUT2D eigenvalue weighted by Crippen LogP contribution is 2.28. The van der Waals surface area contributed by atoms with Crippen molar-refractivity contribution >= 4 is 28.0 Å². The average Bonchev–Trinajstić information content (AvgIpc) is 3.20. The van der Waals surface area contributed by atoms with Gasteiger partial charge in [0.05, 0.1) is 5.52 Å². The van der Waals surface area contributed by atoms with Gasteiger partial charge in [-0.05, 0) is 58.6 Å². The van der Waals surface area contributed by atoms with E-state index in [1.807, 2.05) is 35.8 Å². The molecule has 4 heterocycles. The van der Waals surface area contributed by atoms with Crippen LogP contribution < -0.4 is 0 Å². The standard InChI is InChI=1S/C20H15N3OS/c24-19(4-1-14-5-8-21-9-6-14)18-3-2-15-11-22-12-17(20(15)23-18)16-7-10-25-13-16/h2-3,5-13H,1,4H2. The van der Waals surface area contributed by atoms with Crippen molar-refractivity contribution in [1.29, 1.82) is 0 Å². The van der Waals surface area contributed by atoms with Crippen LogP contribution in [0.15, 0.2) is 65.9 Å². The second kappa shape index (κ2) is 6.91. The number of pyridine rings is 3. The maximum absolute atomic E-state index is 12.6. The smallest absolute Gasteiger partial charge is 0.181 e. The maximum atomic E-state index is 12.6. The molecule has 0 unspecified atom stereocenters. The van der Waals surface area contributed by atoms with Gasteiger partial charge in [0.1, 0.15) is 5.69 Å². The van der Waals surface area contributed by atoms with Crippen molar-refractivity contribution in [2.24, 2.45) is 0 Å². The molecule has 4 aromatic heterocycles. The first-order valence-electron chi connectivity index (χ1n) is 8.01. The van der Waals surface area contributed by atoms with Gasteiger partial charge in [-0.2, -0.15) is 11.3 Å². The third-order valence-corrected chi connectivity index (χ3v) is 4.79. The van der Waals surface area contributed by atoms with E-state index in [9.17, 15) is 4.79 Å². The number of carbonyl (C=O) groups is 1. The molecule has 0 radical (unpaired) electrons. The molecule has 0 saturated heterocycles. The van der Waals surface area contributed by atoms with Gasteiger partial charge in [0.2, 0.25) is 0 Å². The summed E-state index contributed by atoms with van der Waals surface area (Å²) >= 11 is 1.63. The summed E-state index contributed by atoms with van der Waals surface area (Å²) in [6.07, 6.45) is 8.20. The summed E-state index contributed by atoms with van der Waals surface area (Å²) in [7, 11) is 0. The van der Waals surface area contributed by atoms with Gasteiger partial charge in [0, 0.05) is 42.2 Å². The largest absolute Gasteiger partial charge is 0.292 e. The molecule has 25 heavy (non-hydrogen) atoms. The lowest BCUT2D eigenvalue weighted by Crippen LogP contribution is -2.04. The minimum atomic E-state index is 0.0480. The van der Waals surface area contributed by atoms with Crippen LogP contribution in [0.5, 0.6) is 0 Å². The van der Waals surface area contributed by atoms with Crippen LogP contribution in [0.2, 0.25) is 0 Å². The quantitative estimate of drug-likeness (QED) is 0.497. The number of carbonyl (C=O) groups excluding carboxylic acids is 1. The van der Waals surface area contributed by atoms with Gasteiger partial charge in [-0.15, -0.1) is 0 Å². The fraction of sp³-hybridized carbons (Fsp3) is 0.100. The molecule has 0 fully saturated rings. The number of hydrogen-bond donors (Lipinski definition) is 0. The summed E-state index contributed by atoms with van der Waals surface area (Å²) in [6, 6.07) is 9.62. The number of thiophene rings is 1. The van der Waals surface area contributed by atoms with E-state index in [1.165, 1.54) is 0 Å². The number of ketones is 1. The van der Waals surface area contributed by atoms with Crippen molar-refractivity contribution < 1.29 is 4.79 Å². The SMILES string of the molecule is O=C(CCc1ccncc1)c1ccc2cncc(-c3ccsc3)c2n1. The molecule has 0 atom stereocenters. The normalized spacial score (nSPS) is 10.9. The molecule has 0 amide bonds. The summed E-state index contributed by atoms with van der Waals surface area (Å²) in [5, 5.41) is 5.03. The third-order valence-electron chi connectivity index (χ3n) is 4.11. The second-order valence-electron chi connectivity index (χ2n) is 5.75. The fourth-order valence-electron chi connectivity index (χ4n) is 2.76. The zero-order chi connectivity index (χ0) is 17.1. The van der Waals surface area contributed by atoms with Crippen LogP contribution in [0.1, 0.15) is 22.5 Å². The maximum Gasteiger partial charge on any atom is 0.181 e. The van der Waals surface area contributed by atoms with E-state index in [0.29, 0.717) is 18.5 Å². The van der Waals surface area contributed by atoms with Crippen molar-refractivity contribution in [3.8, 4) is 11.1 Å². The summed E-state index contributed by atoms with van der Waals surface area (Å²) in [5.74, 6) is 0.0480. The lowest BCUT2D eigenvalue weighted by molar-refractivity contribution is 0.0978. The molecular weight excluding hydrogens is 330 g/mol. The number of hydrogen-bond acceptors (Lipinski definition) is 5. The Balaban J connectivity index is 1.64. The van der Waals surface area contributed by atoms with Gasteiger partial charge in [0.25, 0.3) is 0 Å². The number of fused-ring (bicyclic) bond motifs is 1. The molecule has 5 heteroatoms. The van der Waals surface area contributed by atoms with E-state index in [1.54, 1.807) is 36.0 Å². The van der Waals surface area contributed by atoms with Gasteiger partial charge in [-0.1, -0.05) is 0 Å². The highest BCUT2D eigenvalue weighted by atomic mass is 32.1.